The van der Waals surface area contributed by atoms with Crippen LogP contribution in [0, 0.1) is 11.8 Å². The first-order valence-corrected chi connectivity index (χ1v) is 9.80. The Kier molecular flexibility index (Phi) is 9.05. The molecule has 2 rings (SSSR count). The third-order valence-corrected chi connectivity index (χ3v) is 4.42. The second-order valence-corrected chi connectivity index (χ2v) is 8.27. The number of hydrogen-bond acceptors (Lipinski definition) is 3. The van der Waals surface area contributed by atoms with Crippen molar-refractivity contribution in [3.05, 3.63) is 70.8 Å². The number of rotatable bonds is 7. The van der Waals surface area contributed by atoms with E-state index in [0.29, 0.717) is 23.0 Å². The maximum atomic E-state index is 10.8. The Morgan fingerprint density at radius 3 is 1.48 bits per heavy atom. The summed E-state index contributed by atoms with van der Waals surface area (Å²) in [7, 11) is 0. The Morgan fingerprint density at radius 1 is 0.793 bits per heavy atom. The minimum atomic E-state index is -1.81. The van der Waals surface area contributed by atoms with Gasteiger partial charge in [-0.2, -0.15) is 0 Å². The highest BCUT2D eigenvalue weighted by atomic mass is 16.4. The van der Waals surface area contributed by atoms with Gasteiger partial charge in [0.25, 0.3) is 0 Å². The maximum absolute atomic E-state index is 10.8. The molecule has 5 nitrogen and oxygen atoms in total. The predicted molar refractivity (Wildman–Crippen MR) is 114 cm³/mol. The van der Waals surface area contributed by atoms with E-state index < -0.39 is 17.5 Å². The van der Waals surface area contributed by atoms with E-state index in [1.807, 2.05) is 24.3 Å². The zero-order valence-electron chi connectivity index (χ0n) is 17.8. The van der Waals surface area contributed by atoms with Crippen LogP contribution in [0.5, 0.6) is 0 Å². The molecular formula is C24H32O5. The molecule has 0 saturated carbocycles. The number of hydrogen-bond donors (Lipinski definition) is 3. The maximum Gasteiger partial charge on any atom is 0.340 e. The fourth-order valence-corrected chi connectivity index (χ4v) is 2.82. The Morgan fingerprint density at radius 2 is 1.17 bits per heavy atom. The molecule has 0 bridgehead atoms. The van der Waals surface area contributed by atoms with Crippen LogP contribution < -0.4 is 0 Å². The van der Waals surface area contributed by atoms with Gasteiger partial charge in [-0.3, -0.25) is 0 Å². The van der Waals surface area contributed by atoms with Gasteiger partial charge in [0, 0.05) is 0 Å². The van der Waals surface area contributed by atoms with Crippen molar-refractivity contribution in [3.63, 3.8) is 0 Å². The second kappa shape index (κ2) is 10.8. The molecule has 0 saturated heterocycles. The van der Waals surface area contributed by atoms with Crippen molar-refractivity contribution in [3.8, 4) is 0 Å². The monoisotopic (exact) mass is 400 g/mol. The van der Waals surface area contributed by atoms with Crippen LogP contribution in [0.1, 0.15) is 61.7 Å². The summed E-state index contributed by atoms with van der Waals surface area (Å²) in [5, 5.41) is 27.3. The van der Waals surface area contributed by atoms with Crippen LogP contribution in [0.4, 0.5) is 0 Å². The second-order valence-electron chi connectivity index (χ2n) is 8.27. The standard InChI is InChI=1S/C13H18O3.C11H14O2/c1-9(2)8-10-4-6-11(7-5-10)13(3,16)12(14)15;1-8(2)7-9-3-5-10(6-4-9)11(12)13/h4-7,9,16H,8H2,1-3H3,(H,14,15);3-6,8H,7H2,1-2H3,(H,12,13). The van der Waals surface area contributed by atoms with Gasteiger partial charge in [0.15, 0.2) is 5.60 Å². The SMILES string of the molecule is CC(C)Cc1ccc(C(=O)O)cc1.CC(C)Cc1ccc(C(C)(O)C(=O)O)cc1. The van der Waals surface area contributed by atoms with Gasteiger partial charge < -0.3 is 15.3 Å². The van der Waals surface area contributed by atoms with Crippen LogP contribution in [0.25, 0.3) is 0 Å². The molecule has 0 fully saturated rings. The average molecular weight is 401 g/mol. The molecule has 0 radical (unpaired) electrons. The van der Waals surface area contributed by atoms with E-state index in [9.17, 15) is 14.7 Å². The van der Waals surface area contributed by atoms with Crippen molar-refractivity contribution in [2.45, 2.75) is 53.1 Å². The minimum Gasteiger partial charge on any atom is -0.479 e. The molecule has 1 atom stereocenters. The largest absolute Gasteiger partial charge is 0.479 e. The van der Waals surface area contributed by atoms with Crippen molar-refractivity contribution in [2.75, 3.05) is 0 Å². The molecule has 2 aromatic rings. The van der Waals surface area contributed by atoms with Gasteiger partial charge in [0.05, 0.1) is 5.56 Å². The van der Waals surface area contributed by atoms with Crippen molar-refractivity contribution < 1.29 is 24.9 Å². The number of aromatic carboxylic acids is 1. The molecule has 0 aliphatic carbocycles. The lowest BCUT2D eigenvalue weighted by Crippen LogP contribution is -2.31. The molecule has 0 aliphatic heterocycles. The Hall–Kier alpha value is -2.66. The van der Waals surface area contributed by atoms with Crippen LogP contribution in [-0.2, 0) is 23.2 Å². The van der Waals surface area contributed by atoms with Crippen molar-refractivity contribution in [1.82, 2.24) is 0 Å². The van der Waals surface area contributed by atoms with Gasteiger partial charge >= 0.3 is 11.9 Å². The first kappa shape index (κ1) is 24.4. The van der Waals surface area contributed by atoms with E-state index in [-0.39, 0.29) is 0 Å². The van der Waals surface area contributed by atoms with E-state index in [1.54, 1.807) is 24.3 Å². The Bertz CT molecular complexity index is 787. The van der Waals surface area contributed by atoms with E-state index in [4.69, 9.17) is 10.2 Å². The number of benzene rings is 2. The van der Waals surface area contributed by atoms with E-state index in [0.717, 1.165) is 18.4 Å². The summed E-state index contributed by atoms with van der Waals surface area (Å²) in [6.07, 6.45) is 1.95. The van der Waals surface area contributed by atoms with Crippen molar-refractivity contribution >= 4 is 11.9 Å². The number of carboxylic acids is 2. The summed E-state index contributed by atoms with van der Waals surface area (Å²) < 4.78 is 0. The average Bonchev–Trinajstić information content (AvgIpc) is 2.62. The van der Waals surface area contributed by atoms with Gasteiger partial charge in [-0.15, -0.1) is 0 Å². The summed E-state index contributed by atoms with van der Waals surface area (Å²) in [6, 6.07) is 14.1. The van der Waals surface area contributed by atoms with Crippen LogP contribution in [0.15, 0.2) is 48.5 Å². The Balaban J connectivity index is 0.000000296. The summed E-state index contributed by atoms with van der Waals surface area (Å²) >= 11 is 0. The molecule has 0 aliphatic rings. The molecule has 3 N–H and O–H groups in total. The first-order chi connectivity index (χ1) is 13.4. The third kappa shape index (κ3) is 8.08. The number of carbonyl (C=O) groups is 2. The van der Waals surface area contributed by atoms with Gasteiger partial charge in [0.2, 0.25) is 0 Å². The fraction of sp³-hybridized carbons (Fsp3) is 0.417. The number of aliphatic hydroxyl groups is 1. The number of aliphatic carboxylic acids is 1. The molecule has 0 heterocycles. The predicted octanol–water partition coefficient (Wildman–Crippen LogP) is 4.76. The molecule has 5 heteroatoms. The Labute approximate surface area is 173 Å². The lowest BCUT2D eigenvalue weighted by atomic mass is 9.93. The summed E-state index contributed by atoms with van der Waals surface area (Å²) in [4.78, 5) is 21.4. The van der Waals surface area contributed by atoms with Crippen LogP contribution in [0.3, 0.4) is 0 Å². The molecule has 2 aromatic carbocycles. The molecule has 1 unspecified atom stereocenters. The fourth-order valence-electron chi connectivity index (χ4n) is 2.82. The molecule has 0 spiro atoms. The highest BCUT2D eigenvalue weighted by Crippen LogP contribution is 2.21. The minimum absolute atomic E-state index is 0.354. The number of carboxylic acid groups (broad SMARTS) is 2. The van der Waals surface area contributed by atoms with Crippen LogP contribution in [-0.4, -0.2) is 27.3 Å². The molecule has 158 valence electrons. The quantitative estimate of drug-likeness (QED) is 0.623. The highest BCUT2D eigenvalue weighted by molar-refractivity contribution is 5.87. The van der Waals surface area contributed by atoms with Gasteiger partial charge in [-0.25, -0.2) is 9.59 Å². The highest BCUT2D eigenvalue weighted by Gasteiger charge is 2.31. The molecular weight excluding hydrogens is 368 g/mol. The topological polar surface area (TPSA) is 94.8 Å². The summed E-state index contributed by atoms with van der Waals surface area (Å²) in [5.74, 6) is -0.929. The van der Waals surface area contributed by atoms with Crippen molar-refractivity contribution in [1.29, 1.82) is 0 Å². The van der Waals surface area contributed by atoms with E-state index >= 15 is 0 Å². The smallest absolute Gasteiger partial charge is 0.340 e. The van der Waals surface area contributed by atoms with Crippen LogP contribution in [0.2, 0.25) is 0 Å². The third-order valence-electron chi connectivity index (χ3n) is 4.42. The van der Waals surface area contributed by atoms with Gasteiger partial charge in [-0.05, 0) is 60.4 Å². The molecule has 29 heavy (non-hydrogen) atoms. The lowest BCUT2D eigenvalue weighted by molar-refractivity contribution is -0.157. The summed E-state index contributed by atoms with van der Waals surface area (Å²) in [5.41, 5.74) is 1.30. The van der Waals surface area contributed by atoms with Gasteiger partial charge in [-0.1, -0.05) is 64.1 Å². The lowest BCUT2D eigenvalue weighted by Gasteiger charge is -2.18. The zero-order chi connectivity index (χ0) is 22.2. The first-order valence-electron chi connectivity index (χ1n) is 9.80. The van der Waals surface area contributed by atoms with Crippen LogP contribution >= 0.6 is 0 Å². The van der Waals surface area contributed by atoms with Gasteiger partial charge in [0.1, 0.15) is 0 Å². The molecule has 0 aromatic heterocycles. The summed E-state index contributed by atoms with van der Waals surface area (Å²) in [6.45, 7) is 9.83. The van der Waals surface area contributed by atoms with Crippen molar-refractivity contribution in [2.24, 2.45) is 11.8 Å². The molecule has 0 amide bonds. The van der Waals surface area contributed by atoms with E-state index in [2.05, 4.69) is 27.7 Å². The normalized spacial score (nSPS) is 12.8. The van der Waals surface area contributed by atoms with E-state index in [1.165, 1.54) is 12.5 Å². The zero-order valence-corrected chi connectivity index (χ0v) is 17.8.